The summed E-state index contributed by atoms with van der Waals surface area (Å²) >= 11 is 0. The second kappa shape index (κ2) is 9.18. The summed E-state index contributed by atoms with van der Waals surface area (Å²) < 4.78 is 20.6. The van der Waals surface area contributed by atoms with Gasteiger partial charge in [0, 0.05) is 13.0 Å². The first-order valence-corrected chi connectivity index (χ1v) is 8.93. The summed E-state index contributed by atoms with van der Waals surface area (Å²) in [7, 11) is 1.60. The molecule has 8 nitrogen and oxygen atoms in total. The van der Waals surface area contributed by atoms with Crippen molar-refractivity contribution in [3.63, 3.8) is 0 Å². The van der Waals surface area contributed by atoms with E-state index in [0.717, 1.165) is 17.0 Å². The average molecular weight is 386 g/mol. The lowest BCUT2D eigenvalue weighted by Gasteiger charge is -2.19. The molecule has 1 aliphatic heterocycles. The predicted molar refractivity (Wildman–Crippen MR) is 99.9 cm³/mol. The lowest BCUT2D eigenvalue weighted by molar-refractivity contribution is -0.156. The van der Waals surface area contributed by atoms with Crippen molar-refractivity contribution < 1.29 is 28.2 Å². The van der Waals surface area contributed by atoms with Crippen LogP contribution in [0.1, 0.15) is 30.7 Å². The van der Waals surface area contributed by atoms with Gasteiger partial charge in [0.15, 0.2) is 6.61 Å². The molecule has 1 amide bonds. The third-order valence-corrected chi connectivity index (χ3v) is 4.24. The topological polar surface area (TPSA) is 90.6 Å². The molecule has 1 aromatic carbocycles. The van der Waals surface area contributed by atoms with Gasteiger partial charge in [-0.05, 0) is 48.9 Å². The van der Waals surface area contributed by atoms with Crippen molar-refractivity contribution in [1.82, 2.24) is 5.01 Å². The van der Waals surface area contributed by atoms with Crippen LogP contribution < -0.4 is 4.74 Å². The maximum absolute atomic E-state index is 12.6. The third-order valence-electron chi connectivity index (χ3n) is 4.24. The molecule has 28 heavy (non-hydrogen) atoms. The van der Waals surface area contributed by atoms with E-state index in [2.05, 4.69) is 5.10 Å². The van der Waals surface area contributed by atoms with Crippen molar-refractivity contribution in [2.45, 2.75) is 19.4 Å². The molecule has 0 bridgehead atoms. The van der Waals surface area contributed by atoms with E-state index in [1.165, 1.54) is 5.01 Å². The number of nitrogens with zero attached hydrogens (tertiary/aromatic N) is 2. The van der Waals surface area contributed by atoms with E-state index in [1.54, 1.807) is 32.4 Å². The SMILES string of the molecule is CCOCC(=O)OCC(=O)N1N=C(c2ccc(OC)cc2)C[C@H]1c1ccco1. The van der Waals surface area contributed by atoms with Gasteiger partial charge < -0.3 is 18.6 Å². The first kappa shape index (κ1) is 19.6. The predicted octanol–water partition coefficient (Wildman–Crippen LogP) is 2.55. The van der Waals surface area contributed by atoms with Gasteiger partial charge in [0.25, 0.3) is 5.91 Å². The number of carbonyl (C=O) groups excluding carboxylic acids is 2. The highest BCUT2D eigenvalue weighted by Crippen LogP contribution is 2.33. The van der Waals surface area contributed by atoms with Crippen LogP contribution in [0.4, 0.5) is 0 Å². The molecule has 0 N–H and O–H groups in total. The van der Waals surface area contributed by atoms with Crippen LogP contribution in [0.25, 0.3) is 0 Å². The van der Waals surface area contributed by atoms with Crippen molar-refractivity contribution in [2.75, 3.05) is 26.9 Å². The Morgan fingerprint density at radius 3 is 2.64 bits per heavy atom. The molecule has 0 aliphatic carbocycles. The molecule has 2 aromatic rings. The van der Waals surface area contributed by atoms with E-state index in [1.807, 2.05) is 24.3 Å². The number of esters is 1. The molecule has 0 saturated carbocycles. The average Bonchev–Trinajstić information content (AvgIpc) is 3.40. The van der Waals surface area contributed by atoms with Crippen molar-refractivity contribution in [1.29, 1.82) is 0 Å². The van der Waals surface area contributed by atoms with Crippen molar-refractivity contribution in [3.8, 4) is 5.75 Å². The zero-order chi connectivity index (χ0) is 19.9. The Morgan fingerprint density at radius 1 is 1.21 bits per heavy atom. The highest BCUT2D eigenvalue weighted by molar-refractivity contribution is 6.03. The molecule has 0 unspecified atom stereocenters. The smallest absolute Gasteiger partial charge is 0.332 e. The molecule has 148 valence electrons. The summed E-state index contributed by atoms with van der Waals surface area (Å²) in [4.78, 5) is 24.2. The summed E-state index contributed by atoms with van der Waals surface area (Å²) in [5, 5.41) is 5.78. The lowest BCUT2D eigenvalue weighted by Crippen LogP contribution is -2.31. The Morgan fingerprint density at radius 2 is 2.00 bits per heavy atom. The zero-order valence-corrected chi connectivity index (χ0v) is 15.8. The van der Waals surface area contributed by atoms with Crippen molar-refractivity contribution in [3.05, 3.63) is 54.0 Å². The second-order valence-corrected chi connectivity index (χ2v) is 6.05. The van der Waals surface area contributed by atoms with Gasteiger partial charge in [-0.15, -0.1) is 0 Å². The Hall–Kier alpha value is -3.13. The normalized spacial score (nSPS) is 16.0. The van der Waals surface area contributed by atoms with E-state index in [0.29, 0.717) is 18.8 Å². The number of hydrazone groups is 1. The summed E-state index contributed by atoms with van der Waals surface area (Å²) in [5.41, 5.74) is 1.61. The standard InChI is InChI=1S/C20H22N2O6/c1-3-26-13-20(24)28-12-19(23)22-17(18-5-4-10-27-18)11-16(21-22)14-6-8-15(25-2)9-7-14/h4-10,17H,3,11-13H2,1-2H3/t17-/m0/s1. The van der Waals surface area contributed by atoms with Gasteiger partial charge in [-0.1, -0.05) is 0 Å². The van der Waals surface area contributed by atoms with E-state index in [-0.39, 0.29) is 6.61 Å². The largest absolute Gasteiger partial charge is 0.497 e. The molecule has 1 atom stereocenters. The molecule has 1 aromatic heterocycles. The number of benzene rings is 1. The fourth-order valence-electron chi connectivity index (χ4n) is 2.84. The third kappa shape index (κ3) is 4.58. The van der Waals surface area contributed by atoms with Gasteiger partial charge in [0.2, 0.25) is 0 Å². The van der Waals surface area contributed by atoms with E-state index < -0.39 is 24.5 Å². The molecular weight excluding hydrogens is 364 g/mol. The van der Waals surface area contributed by atoms with E-state index in [4.69, 9.17) is 18.6 Å². The van der Waals surface area contributed by atoms with Crippen LogP contribution in [-0.2, 0) is 19.1 Å². The molecule has 0 radical (unpaired) electrons. The summed E-state index contributed by atoms with van der Waals surface area (Å²) in [6.07, 6.45) is 2.03. The maximum Gasteiger partial charge on any atom is 0.332 e. The number of amides is 1. The molecular formula is C20H22N2O6. The Kier molecular flexibility index (Phi) is 6.44. The number of ether oxygens (including phenoxy) is 3. The van der Waals surface area contributed by atoms with Crippen LogP contribution in [0.2, 0.25) is 0 Å². The van der Waals surface area contributed by atoms with Gasteiger partial charge in [-0.3, -0.25) is 4.79 Å². The number of methoxy groups -OCH3 is 1. The minimum Gasteiger partial charge on any atom is -0.497 e. The molecule has 1 aliphatic rings. The quantitative estimate of drug-likeness (QED) is 0.648. The molecule has 0 fully saturated rings. The number of rotatable bonds is 8. The van der Waals surface area contributed by atoms with Crippen LogP contribution in [-0.4, -0.2) is 49.5 Å². The summed E-state index contributed by atoms with van der Waals surface area (Å²) in [6, 6.07) is 10.6. The summed E-state index contributed by atoms with van der Waals surface area (Å²) in [5.74, 6) is 0.318. The first-order valence-electron chi connectivity index (χ1n) is 8.93. The second-order valence-electron chi connectivity index (χ2n) is 6.05. The van der Waals surface area contributed by atoms with Gasteiger partial charge in [0.1, 0.15) is 24.2 Å². The van der Waals surface area contributed by atoms with Gasteiger partial charge in [0.05, 0.1) is 19.1 Å². The minimum atomic E-state index is -0.594. The monoisotopic (exact) mass is 386 g/mol. The lowest BCUT2D eigenvalue weighted by atomic mass is 10.0. The number of carbonyl (C=O) groups is 2. The van der Waals surface area contributed by atoms with Crippen LogP contribution in [0, 0.1) is 0 Å². The van der Waals surface area contributed by atoms with Crippen molar-refractivity contribution in [2.24, 2.45) is 5.10 Å². The highest BCUT2D eigenvalue weighted by atomic mass is 16.6. The fraction of sp³-hybridized carbons (Fsp3) is 0.350. The van der Waals surface area contributed by atoms with Gasteiger partial charge in [-0.25, -0.2) is 9.80 Å². The van der Waals surface area contributed by atoms with Crippen LogP contribution in [0.15, 0.2) is 52.2 Å². The first-order chi connectivity index (χ1) is 13.6. The number of hydrogen-bond donors (Lipinski definition) is 0. The van der Waals surface area contributed by atoms with Crippen molar-refractivity contribution >= 4 is 17.6 Å². The molecule has 8 heteroatoms. The molecule has 0 spiro atoms. The van der Waals surface area contributed by atoms with E-state index >= 15 is 0 Å². The molecule has 2 heterocycles. The Labute approximate surface area is 162 Å². The van der Waals surface area contributed by atoms with Crippen LogP contribution in [0.5, 0.6) is 5.75 Å². The zero-order valence-electron chi connectivity index (χ0n) is 15.8. The fourth-order valence-corrected chi connectivity index (χ4v) is 2.84. The molecule has 0 saturated heterocycles. The van der Waals surface area contributed by atoms with E-state index in [9.17, 15) is 9.59 Å². The summed E-state index contributed by atoms with van der Waals surface area (Å²) in [6.45, 7) is 1.56. The molecule has 3 rings (SSSR count). The van der Waals surface area contributed by atoms with Gasteiger partial charge in [-0.2, -0.15) is 5.10 Å². The van der Waals surface area contributed by atoms with Gasteiger partial charge >= 0.3 is 5.97 Å². The maximum atomic E-state index is 12.6. The minimum absolute atomic E-state index is 0.189. The Balaban J connectivity index is 1.75. The number of hydrogen-bond acceptors (Lipinski definition) is 7. The number of furan rings is 1. The van der Waals surface area contributed by atoms with Crippen LogP contribution >= 0.6 is 0 Å². The van der Waals surface area contributed by atoms with Crippen LogP contribution in [0.3, 0.4) is 0 Å². The highest BCUT2D eigenvalue weighted by Gasteiger charge is 2.35. The Bertz CT molecular complexity index is 829.